The third kappa shape index (κ3) is 4.43. The fourth-order valence-corrected chi connectivity index (χ4v) is 0.371. The number of rotatable bonds is 0. The molecule has 0 rings (SSSR count). The first-order valence-electron chi connectivity index (χ1n) is 1.16. The predicted octanol–water partition coefficient (Wildman–Crippen LogP) is 1.99. The smallest absolute Gasteiger partial charge is 0.0908 e. The van der Waals surface area contributed by atoms with Crippen molar-refractivity contribution in [2.75, 3.05) is 0 Å². The van der Waals surface area contributed by atoms with Gasteiger partial charge in [0.15, 0.2) is 4.84 Å². The standard InChI is InChI=1S/C3HCl3/c4-2-1-3(5)6/h3H. The summed E-state index contributed by atoms with van der Waals surface area (Å²) in [7, 11) is 0. The first-order valence-corrected chi connectivity index (χ1v) is 2.41. The van der Waals surface area contributed by atoms with E-state index in [0.29, 0.717) is 0 Å². The van der Waals surface area contributed by atoms with Crippen LogP contribution in [0, 0.1) is 11.3 Å². The summed E-state index contributed by atoms with van der Waals surface area (Å²) in [5.74, 6) is 2.25. The Bertz CT molecular complexity index is 75.8. The van der Waals surface area contributed by atoms with Gasteiger partial charge in [-0.2, -0.15) is 0 Å². The van der Waals surface area contributed by atoms with Crippen LogP contribution in [-0.4, -0.2) is 4.84 Å². The molecule has 0 N–H and O–H groups in total. The van der Waals surface area contributed by atoms with Gasteiger partial charge in [-0.05, 0) is 17.5 Å². The lowest BCUT2D eigenvalue weighted by atomic mass is 10.8. The van der Waals surface area contributed by atoms with Gasteiger partial charge in [0.2, 0.25) is 0 Å². The highest BCUT2D eigenvalue weighted by atomic mass is 35.5. The van der Waals surface area contributed by atoms with E-state index in [4.69, 9.17) is 34.8 Å². The number of hydrogen-bond acceptors (Lipinski definition) is 0. The summed E-state index contributed by atoms with van der Waals surface area (Å²) >= 11 is 15.0. The molecule has 0 nitrogen and oxygen atoms in total. The van der Waals surface area contributed by atoms with Crippen molar-refractivity contribution in [1.82, 2.24) is 0 Å². The topological polar surface area (TPSA) is 0 Å². The Balaban J connectivity index is 3.20. The molecule has 0 saturated heterocycles. The van der Waals surface area contributed by atoms with Crippen LogP contribution in [0.5, 0.6) is 0 Å². The third-order valence-electron chi connectivity index (χ3n) is 0.164. The molecule has 0 aromatic heterocycles. The van der Waals surface area contributed by atoms with Gasteiger partial charge in [-0.1, -0.05) is 23.2 Å². The summed E-state index contributed by atoms with van der Waals surface area (Å²) in [6, 6.07) is 0. The molecule has 3 heteroatoms. The molecule has 6 heavy (non-hydrogen) atoms. The second-order valence-corrected chi connectivity index (χ2v) is 1.82. The van der Waals surface area contributed by atoms with Crippen molar-refractivity contribution < 1.29 is 0 Å². The summed E-state index contributed by atoms with van der Waals surface area (Å²) in [5.41, 5.74) is 0. The van der Waals surface area contributed by atoms with E-state index in [1.54, 1.807) is 0 Å². The minimum atomic E-state index is -0.650. The van der Waals surface area contributed by atoms with Crippen molar-refractivity contribution in [3.05, 3.63) is 0 Å². The Morgan fingerprint density at radius 1 is 1.33 bits per heavy atom. The van der Waals surface area contributed by atoms with E-state index in [9.17, 15) is 0 Å². The lowest BCUT2D eigenvalue weighted by Gasteiger charge is -1.75. The Morgan fingerprint density at radius 2 is 1.83 bits per heavy atom. The van der Waals surface area contributed by atoms with E-state index in [1.807, 2.05) is 5.38 Å². The second kappa shape index (κ2) is 3.61. The van der Waals surface area contributed by atoms with Crippen LogP contribution in [0.1, 0.15) is 0 Å². The van der Waals surface area contributed by atoms with Crippen molar-refractivity contribution in [1.29, 1.82) is 0 Å². The minimum absolute atomic E-state index is 0.650. The molecule has 0 aromatic carbocycles. The highest BCUT2D eigenvalue weighted by Gasteiger charge is 1.83. The van der Waals surface area contributed by atoms with Crippen molar-refractivity contribution >= 4 is 34.8 Å². The molecule has 0 aromatic rings. The largest absolute Gasteiger partial charge is 0.168 e. The molecule has 0 unspecified atom stereocenters. The average Bonchev–Trinajstić information content (AvgIpc) is 1.35. The summed E-state index contributed by atoms with van der Waals surface area (Å²) in [5, 5.41) is 2.03. The molecular formula is C3HCl3. The quantitative estimate of drug-likeness (QED) is 0.359. The van der Waals surface area contributed by atoms with Crippen LogP contribution >= 0.6 is 34.8 Å². The van der Waals surface area contributed by atoms with Gasteiger partial charge in [-0.15, -0.1) is 0 Å². The van der Waals surface area contributed by atoms with Crippen LogP contribution in [0.25, 0.3) is 0 Å². The maximum Gasteiger partial charge on any atom is 0.168 e. The van der Waals surface area contributed by atoms with Crippen LogP contribution in [0.3, 0.4) is 0 Å². The third-order valence-corrected chi connectivity index (χ3v) is 0.491. The van der Waals surface area contributed by atoms with E-state index in [0.717, 1.165) is 0 Å². The molecule has 0 fully saturated rings. The number of hydrogen-bond donors (Lipinski definition) is 0. The van der Waals surface area contributed by atoms with Crippen molar-refractivity contribution in [2.24, 2.45) is 0 Å². The SMILES string of the molecule is ClC#CC(Cl)Cl. The van der Waals surface area contributed by atoms with Crippen molar-refractivity contribution in [3.8, 4) is 11.3 Å². The molecule has 0 aliphatic rings. The van der Waals surface area contributed by atoms with Crippen molar-refractivity contribution in [3.63, 3.8) is 0 Å². The molecule has 34 valence electrons. The summed E-state index contributed by atoms with van der Waals surface area (Å²) in [6.45, 7) is 0. The molecule has 0 aliphatic carbocycles. The lowest BCUT2D eigenvalue weighted by Crippen LogP contribution is -1.72. The highest BCUT2D eigenvalue weighted by Crippen LogP contribution is 1.96. The summed E-state index contributed by atoms with van der Waals surface area (Å²) in [6.07, 6.45) is 0. The van der Waals surface area contributed by atoms with Gasteiger partial charge in [-0.3, -0.25) is 0 Å². The normalized spacial score (nSPS) is 7.33. The average molecular weight is 143 g/mol. The fraction of sp³-hybridized carbons (Fsp3) is 0.333. The van der Waals surface area contributed by atoms with Crippen molar-refractivity contribution in [2.45, 2.75) is 4.84 Å². The maximum atomic E-state index is 5.09. The second-order valence-electron chi connectivity index (χ2n) is 0.540. The van der Waals surface area contributed by atoms with E-state index >= 15 is 0 Å². The Hall–Kier alpha value is 0.430. The number of halogens is 3. The monoisotopic (exact) mass is 142 g/mol. The highest BCUT2D eigenvalue weighted by molar-refractivity contribution is 6.46. The van der Waals surface area contributed by atoms with Gasteiger partial charge in [0.1, 0.15) is 0 Å². The van der Waals surface area contributed by atoms with E-state index in [-0.39, 0.29) is 0 Å². The van der Waals surface area contributed by atoms with E-state index in [1.165, 1.54) is 0 Å². The Morgan fingerprint density at radius 3 is 1.83 bits per heavy atom. The van der Waals surface area contributed by atoms with Crippen LogP contribution in [0.2, 0.25) is 0 Å². The molecule has 0 heterocycles. The summed E-state index contributed by atoms with van der Waals surface area (Å²) in [4.78, 5) is -0.650. The molecular weight excluding hydrogens is 142 g/mol. The molecule has 0 spiro atoms. The zero-order valence-electron chi connectivity index (χ0n) is 2.71. The van der Waals surface area contributed by atoms with Crippen LogP contribution in [0.15, 0.2) is 0 Å². The number of alkyl halides is 2. The molecule has 0 bridgehead atoms. The van der Waals surface area contributed by atoms with E-state index < -0.39 is 4.84 Å². The summed E-state index contributed by atoms with van der Waals surface area (Å²) < 4.78 is 0. The first kappa shape index (κ1) is 6.43. The zero-order valence-corrected chi connectivity index (χ0v) is 4.98. The van der Waals surface area contributed by atoms with Gasteiger partial charge < -0.3 is 0 Å². The van der Waals surface area contributed by atoms with Gasteiger partial charge in [0.25, 0.3) is 0 Å². The minimum Gasteiger partial charge on any atom is -0.0908 e. The predicted molar refractivity (Wildman–Crippen MR) is 29.1 cm³/mol. The van der Waals surface area contributed by atoms with Gasteiger partial charge >= 0.3 is 0 Å². The van der Waals surface area contributed by atoms with Gasteiger partial charge in [0.05, 0.1) is 0 Å². The molecule has 0 amide bonds. The van der Waals surface area contributed by atoms with Crippen LogP contribution in [0.4, 0.5) is 0 Å². The van der Waals surface area contributed by atoms with Crippen LogP contribution in [-0.2, 0) is 0 Å². The lowest BCUT2D eigenvalue weighted by molar-refractivity contribution is 1.74. The van der Waals surface area contributed by atoms with E-state index in [2.05, 4.69) is 5.92 Å². The molecule has 0 aliphatic heterocycles. The van der Waals surface area contributed by atoms with Gasteiger partial charge in [-0.25, -0.2) is 0 Å². The zero-order chi connectivity index (χ0) is 4.99. The molecule has 0 atom stereocenters. The molecule has 0 radical (unpaired) electrons. The maximum absolute atomic E-state index is 5.09. The van der Waals surface area contributed by atoms with Gasteiger partial charge in [0, 0.05) is 5.38 Å². The molecule has 0 saturated carbocycles. The Kier molecular flexibility index (Phi) is 3.87. The first-order chi connectivity index (χ1) is 2.77. The van der Waals surface area contributed by atoms with Crippen LogP contribution < -0.4 is 0 Å². The Labute approximate surface area is 51.4 Å². The fourth-order valence-electron chi connectivity index (χ4n) is 0.0412.